The summed E-state index contributed by atoms with van der Waals surface area (Å²) in [5.74, 6) is -5.41. The summed E-state index contributed by atoms with van der Waals surface area (Å²) < 4.78 is 58.9. The number of nitrogens with zero attached hydrogens (tertiary/aromatic N) is 3. The Labute approximate surface area is 197 Å². The first-order valence-corrected chi connectivity index (χ1v) is 11.1. The molecule has 5 rings (SSSR count). The van der Waals surface area contributed by atoms with E-state index in [1.165, 1.54) is 4.90 Å². The normalized spacial score (nSPS) is 17.9. The molecule has 2 N–H and O–H groups in total. The Morgan fingerprint density at radius 3 is 2.34 bits per heavy atom. The van der Waals surface area contributed by atoms with Gasteiger partial charge in [-0.25, -0.2) is 22.5 Å². The second-order valence-corrected chi connectivity index (χ2v) is 9.58. The number of pyridine rings is 2. The smallest absolute Gasteiger partial charge is 0.257 e. The van der Waals surface area contributed by atoms with Gasteiger partial charge >= 0.3 is 0 Å². The van der Waals surface area contributed by atoms with Crippen molar-refractivity contribution in [1.82, 2.24) is 14.9 Å². The summed E-state index contributed by atoms with van der Waals surface area (Å²) in [6.07, 6.45) is 2.79. The Kier molecular flexibility index (Phi) is 5.35. The third-order valence-electron chi connectivity index (χ3n) is 6.43. The van der Waals surface area contributed by atoms with Gasteiger partial charge in [0, 0.05) is 37.5 Å². The molecule has 7 nitrogen and oxygen atoms in total. The van der Waals surface area contributed by atoms with Gasteiger partial charge in [0.05, 0.1) is 11.0 Å². The average molecular weight is 490 g/mol. The van der Waals surface area contributed by atoms with Crippen molar-refractivity contribution >= 4 is 22.8 Å². The van der Waals surface area contributed by atoms with Crippen molar-refractivity contribution in [3.8, 4) is 5.69 Å². The Morgan fingerprint density at radius 1 is 1.14 bits per heavy atom. The second-order valence-electron chi connectivity index (χ2n) is 9.58. The van der Waals surface area contributed by atoms with Gasteiger partial charge in [-0.2, -0.15) is 0 Å². The minimum absolute atomic E-state index is 0.0471. The Morgan fingerprint density at radius 2 is 1.77 bits per heavy atom. The number of hydrogen-bond donors (Lipinski definition) is 2. The number of amides is 1. The van der Waals surface area contributed by atoms with E-state index in [1.807, 2.05) is 0 Å². The van der Waals surface area contributed by atoms with Gasteiger partial charge in [0.25, 0.3) is 5.91 Å². The number of benzene rings is 1. The molecule has 0 bridgehead atoms. The summed E-state index contributed by atoms with van der Waals surface area (Å²) in [6.45, 7) is 3.43. The molecule has 2 aliphatic rings. The van der Waals surface area contributed by atoms with Crippen molar-refractivity contribution < 1.29 is 27.5 Å². The van der Waals surface area contributed by atoms with Crippen LogP contribution in [0.25, 0.3) is 16.7 Å². The number of aromatic nitrogens is 2. The van der Waals surface area contributed by atoms with E-state index in [2.05, 4.69) is 10.3 Å². The van der Waals surface area contributed by atoms with E-state index in [0.29, 0.717) is 12.1 Å². The van der Waals surface area contributed by atoms with E-state index in [-0.39, 0.29) is 41.9 Å². The lowest BCUT2D eigenvalue weighted by molar-refractivity contribution is 0.0301. The Hall–Kier alpha value is -3.47. The number of β-amino-alcohol motifs (C(OH)–C–C–N with tert-alkyl or cyclic N) is 1. The lowest BCUT2D eigenvalue weighted by Crippen LogP contribution is -2.60. The van der Waals surface area contributed by atoms with E-state index in [4.69, 9.17) is 0 Å². The summed E-state index contributed by atoms with van der Waals surface area (Å²) >= 11 is 0. The molecule has 1 aromatic carbocycles. The molecule has 1 aliphatic carbocycles. The topological polar surface area (TPSA) is 87.5 Å². The molecule has 3 aromatic rings. The number of halogens is 4. The van der Waals surface area contributed by atoms with Crippen LogP contribution >= 0.6 is 0 Å². The van der Waals surface area contributed by atoms with Crippen LogP contribution in [0, 0.1) is 29.2 Å². The fourth-order valence-corrected chi connectivity index (χ4v) is 4.46. The van der Waals surface area contributed by atoms with Crippen molar-refractivity contribution in [3.63, 3.8) is 0 Å². The molecular formula is C24H22F4N4O3. The monoisotopic (exact) mass is 490 g/mol. The number of aliphatic hydroxyl groups is 1. The van der Waals surface area contributed by atoms with Crippen LogP contribution in [0.15, 0.2) is 29.2 Å². The van der Waals surface area contributed by atoms with Crippen molar-refractivity contribution in [3.05, 3.63) is 63.5 Å². The van der Waals surface area contributed by atoms with Crippen molar-refractivity contribution in [2.45, 2.75) is 38.3 Å². The van der Waals surface area contributed by atoms with E-state index >= 15 is 0 Å². The van der Waals surface area contributed by atoms with E-state index in [0.717, 1.165) is 29.7 Å². The molecule has 1 amide bonds. The zero-order chi connectivity index (χ0) is 25.2. The molecule has 35 heavy (non-hydrogen) atoms. The highest BCUT2D eigenvalue weighted by Crippen LogP contribution is 2.33. The molecule has 1 saturated carbocycles. The summed E-state index contributed by atoms with van der Waals surface area (Å²) in [5, 5.41) is 12.3. The maximum absolute atomic E-state index is 15.0. The van der Waals surface area contributed by atoms with E-state index in [9.17, 15) is 32.3 Å². The summed E-state index contributed by atoms with van der Waals surface area (Å²) in [4.78, 5) is 31.7. The zero-order valence-corrected chi connectivity index (χ0v) is 18.9. The molecule has 0 unspecified atom stereocenters. The van der Waals surface area contributed by atoms with Crippen molar-refractivity contribution in [2.24, 2.45) is 5.92 Å². The Balaban J connectivity index is 1.73. The maximum Gasteiger partial charge on any atom is 0.257 e. The Bertz CT molecular complexity index is 1400. The summed E-state index contributed by atoms with van der Waals surface area (Å²) in [7, 11) is 0. The van der Waals surface area contributed by atoms with Crippen molar-refractivity contribution in [2.75, 3.05) is 18.0 Å². The average Bonchev–Trinajstić information content (AvgIpc) is 3.58. The summed E-state index contributed by atoms with van der Waals surface area (Å²) in [6, 6.07) is 1.52. The number of anilines is 1. The first-order chi connectivity index (χ1) is 16.4. The molecule has 1 atom stereocenters. The first-order valence-electron chi connectivity index (χ1n) is 11.1. The van der Waals surface area contributed by atoms with Gasteiger partial charge in [0.15, 0.2) is 28.9 Å². The predicted molar refractivity (Wildman–Crippen MR) is 120 cm³/mol. The van der Waals surface area contributed by atoms with E-state index in [1.54, 1.807) is 13.8 Å². The minimum Gasteiger partial charge on any atom is -0.386 e. The molecule has 3 heterocycles. The maximum atomic E-state index is 15.0. The van der Waals surface area contributed by atoms with E-state index < -0.39 is 51.5 Å². The number of carbonyl (C=O) groups excluding carboxylic acids is 1. The van der Waals surface area contributed by atoms with Crippen LogP contribution in [-0.2, 0) is 0 Å². The number of rotatable bonds is 5. The van der Waals surface area contributed by atoms with Gasteiger partial charge < -0.3 is 15.3 Å². The number of nitrogens with one attached hydrogen (secondary N) is 1. The molecule has 0 radical (unpaired) electrons. The first kappa shape index (κ1) is 23.3. The molecule has 184 valence electrons. The van der Waals surface area contributed by atoms with Crippen LogP contribution in [0.5, 0.6) is 0 Å². The molecule has 2 aromatic heterocycles. The highest BCUT2D eigenvalue weighted by molar-refractivity contribution is 5.97. The predicted octanol–water partition coefficient (Wildman–Crippen LogP) is 3.04. The number of hydrogen-bond acceptors (Lipinski definition) is 5. The highest BCUT2D eigenvalue weighted by Gasteiger charge is 2.39. The van der Waals surface area contributed by atoms with Gasteiger partial charge in [-0.1, -0.05) is 0 Å². The van der Waals surface area contributed by atoms with Gasteiger partial charge in [0.2, 0.25) is 5.43 Å². The number of carbonyl (C=O) groups is 1. The number of fused-ring (bicyclic) bond motifs is 1. The molecular weight excluding hydrogens is 468 g/mol. The van der Waals surface area contributed by atoms with Crippen LogP contribution in [0.4, 0.5) is 23.4 Å². The quantitative estimate of drug-likeness (QED) is 0.537. The lowest BCUT2D eigenvalue weighted by Gasteiger charge is -2.45. The summed E-state index contributed by atoms with van der Waals surface area (Å²) in [5.41, 5.74) is -3.50. The minimum atomic E-state index is -1.30. The van der Waals surface area contributed by atoms with Crippen LogP contribution in [-0.4, -0.2) is 45.3 Å². The molecule has 0 spiro atoms. The van der Waals surface area contributed by atoms with Crippen LogP contribution < -0.4 is 15.6 Å². The third kappa shape index (κ3) is 4.13. The van der Waals surface area contributed by atoms with Crippen LogP contribution in [0.3, 0.4) is 0 Å². The largest absolute Gasteiger partial charge is 0.386 e. The molecule has 2 fully saturated rings. The second kappa shape index (κ2) is 8.04. The van der Waals surface area contributed by atoms with Gasteiger partial charge in [-0.15, -0.1) is 0 Å². The lowest BCUT2D eigenvalue weighted by atomic mass is 9.97. The standard InChI is InChI=1S/C24H22F4N4O3/c1-11(12-3-4-12)29-23(34)15-8-32(19-16(26)5-13(25)6-17(19)27)21-14(20(15)33)7-18(28)22(30-21)31-9-24(2,35)10-31/h5-8,11-12,35H,3-4,9-10H2,1-2H3,(H,29,34)/t11-/m1/s1. The van der Waals surface area contributed by atoms with Crippen molar-refractivity contribution in [1.29, 1.82) is 0 Å². The van der Waals surface area contributed by atoms with Gasteiger partial charge in [0.1, 0.15) is 17.1 Å². The van der Waals surface area contributed by atoms with Gasteiger partial charge in [-0.05, 0) is 38.7 Å². The molecule has 11 heteroatoms. The highest BCUT2D eigenvalue weighted by atomic mass is 19.1. The zero-order valence-electron chi connectivity index (χ0n) is 18.9. The molecule has 1 saturated heterocycles. The van der Waals surface area contributed by atoms with Crippen LogP contribution in [0.2, 0.25) is 0 Å². The SMILES string of the molecule is C[C@@H](NC(=O)c1cn(-c2c(F)cc(F)cc2F)c2nc(N3CC(C)(O)C3)c(F)cc2c1=O)C1CC1. The van der Waals surface area contributed by atoms with Crippen LogP contribution in [0.1, 0.15) is 37.0 Å². The molecule has 1 aliphatic heterocycles. The van der Waals surface area contributed by atoms with Gasteiger partial charge in [-0.3, -0.25) is 14.2 Å². The fraction of sp³-hybridized carbons (Fsp3) is 0.375. The third-order valence-corrected chi connectivity index (χ3v) is 6.43. The fourth-order valence-electron chi connectivity index (χ4n) is 4.46.